The second-order valence-corrected chi connectivity index (χ2v) is 5.12. The number of rotatable bonds is 4. The van der Waals surface area contributed by atoms with Crippen LogP contribution in [0.3, 0.4) is 0 Å². The first-order valence-corrected chi connectivity index (χ1v) is 6.83. The van der Waals surface area contributed by atoms with E-state index in [1.54, 1.807) is 11.9 Å². The summed E-state index contributed by atoms with van der Waals surface area (Å²) in [5.41, 5.74) is 0. The molecule has 0 bridgehead atoms. The largest absolute Gasteiger partial charge is 0.451 e. The van der Waals surface area contributed by atoms with Crippen molar-refractivity contribution in [2.75, 3.05) is 44.1 Å². The summed E-state index contributed by atoms with van der Waals surface area (Å²) in [4.78, 5) is 8.84. The van der Waals surface area contributed by atoms with E-state index in [-0.39, 0.29) is 11.6 Å². The molecule has 8 heteroatoms. The molecule has 1 saturated heterocycles. The Balaban J connectivity index is 2.17. The summed E-state index contributed by atoms with van der Waals surface area (Å²) >= 11 is 0. The third-order valence-electron chi connectivity index (χ3n) is 3.49. The fourth-order valence-corrected chi connectivity index (χ4v) is 2.29. The van der Waals surface area contributed by atoms with E-state index in [2.05, 4.69) is 15.3 Å². The van der Waals surface area contributed by atoms with Crippen LogP contribution in [0.4, 0.5) is 24.8 Å². The average molecular weight is 304 g/mol. The fourth-order valence-electron chi connectivity index (χ4n) is 2.29. The lowest BCUT2D eigenvalue weighted by Gasteiger charge is -2.28. The molecule has 0 aliphatic carbocycles. The van der Waals surface area contributed by atoms with Crippen LogP contribution in [-0.2, 0) is 10.9 Å². The molecule has 2 heterocycles. The zero-order valence-electron chi connectivity index (χ0n) is 12.1. The maximum Gasteiger partial charge on any atom is 0.451 e. The van der Waals surface area contributed by atoms with Crippen LogP contribution >= 0.6 is 0 Å². The Morgan fingerprint density at radius 3 is 2.57 bits per heavy atom. The van der Waals surface area contributed by atoms with Crippen LogP contribution < -0.4 is 10.2 Å². The van der Waals surface area contributed by atoms with Gasteiger partial charge in [-0.3, -0.25) is 0 Å². The summed E-state index contributed by atoms with van der Waals surface area (Å²) in [6.45, 7) is 2.07. The van der Waals surface area contributed by atoms with Gasteiger partial charge in [0.1, 0.15) is 11.6 Å². The number of hydrogen-bond donors (Lipinski definition) is 1. The monoisotopic (exact) mass is 304 g/mol. The second-order valence-electron chi connectivity index (χ2n) is 5.12. The van der Waals surface area contributed by atoms with Gasteiger partial charge < -0.3 is 15.0 Å². The highest BCUT2D eigenvalue weighted by atomic mass is 19.4. The van der Waals surface area contributed by atoms with Crippen LogP contribution in [0, 0.1) is 5.92 Å². The van der Waals surface area contributed by atoms with E-state index >= 15 is 0 Å². The Labute approximate surface area is 121 Å². The minimum absolute atomic E-state index is 0.158. The van der Waals surface area contributed by atoms with Crippen molar-refractivity contribution < 1.29 is 17.9 Å². The van der Waals surface area contributed by atoms with E-state index in [0.29, 0.717) is 25.7 Å². The maximum absolute atomic E-state index is 12.8. The van der Waals surface area contributed by atoms with Gasteiger partial charge in [-0.25, -0.2) is 9.97 Å². The highest BCUT2D eigenvalue weighted by molar-refractivity contribution is 5.49. The van der Waals surface area contributed by atoms with Gasteiger partial charge >= 0.3 is 6.18 Å². The molecule has 0 spiro atoms. The molecule has 0 amide bonds. The van der Waals surface area contributed by atoms with Gasteiger partial charge in [-0.2, -0.15) is 13.2 Å². The van der Waals surface area contributed by atoms with Crippen LogP contribution in [0.1, 0.15) is 18.7 Å². The lowest BCUT2D eigenvalue weighted by molar-refractivity contribution is -0.144. The molecule has 1 aromatic rings. The van der Waals surface area contributed by atoms with Crippen molar-refractivity contribution in [3.05, 3.63) is 11.9 Å². The molecule has 118 valence electrons. The van der Waals surface area contributed by atoms with E-state index in [9.17, 15) is 13.2 Å². The lowest BCUT2D eigenvalue weighted by atomic mass is 10.00. The normalized spacial score (nSPS) is 16.8. The molecule has 1 aliphatic rings. The van der Waals surface area contributed by atoms with Crippen molar-refractivity contribution in [3.8, 4) is 0 Å². The minimum Gasteiger partial charge on any atom is -0.381 e. The van der Waals surface area contributed by atoms with Gasteiger partial charge in [0.25, 0.3) is 0 Å². The van der Waals surface area contributed by atoms with E-state index < -0.39 is 12.0 Å². The molecule has 1 N–H and O–H groups in total. The lowest BCUT2D eigenvalue weighted by Crippen LogP contribution is -2.30. The van der Waals surface area contributed by atoms with E-state index in [1.165, 1.54) is 13.1 Å². The number of nitrogens with one attached hydrogen (secondary N) is 1. The molecule has 0 saturated carbocycles. The standard InChI is InChI=1S/C13H19F3N4O/c1-17-10-7-11(19-12(18-10)13(14,15)16)20(2)8-9-3-5-21-6-4-9/h7,9H,3-6,8H2,1-2H3,(H,17,18,19). The van der Waals surface area contributed by atoms with Crippen molar-refractivity contribution in [2.24, 2.45) is 5.92 Å². The van der Waals surface area contributed by atoms with Crippen LogP contribution in [-0.4, -0.2) is 43.8 Å². The summed E-state index contributed by atoms with van der Waals surface area (Å²) in [5, 5.41) is 2.64. The van der Waals surface area contributed by atoms with Gasteiger partial charge in [-0.05, 0) is 18.8 Å². The first kappa shape index (κ1) is 15.8. The van der Waals surface area contributed by atoms with E-state index in [0.717, 1.165) is 12.8 Å². The number of ether oxygens (including phenoxy) is 1. The quantitative estimate of drug-likeness (QED) is 0.925. The maximum atomic E-state index is 12.8. The smallest absolute Gasteiger partial charge is 0.381 e. The third kappa shape index (κ3) is 4.20. The highest BCUT2D eigenvalue weighted by Crippen LogP contribution is 2.29. The van der Waals surface area contributed by atoms with Gasteiger partial charge in [0.05, 0.1) is 0 Å². The van der Waals surface area contributed by atoms with Gasteiger partial charge in [-0.1, -0.05) is 0 Å². The molecule has 21 heavy (non-hydrogen) atoms. The number of anilines is 2. The Kier molecular flexibility index (Phi) is 4.87. The first-order valence-electron chi connectivity index (χ1n) is 6.83. The van der Waals surface area contributed by atoms with Crippen LogP contribution in [0.5, 0.6) is 0 Å². The third-order valence-corrected chi connectivity index (χ3v) is 3.49. The Morgan fingerprint density at radius 1 is 1.33 bits per heavy atom. The first-order chi connectivity index (χ1) is 9.90. The number of alkyl halides is 3. The summed E-state index contributed by atoms with van der Waals surface area (Å²) in [5.74, 6) is -0.284. The molecule has 0 radical (unpaired) electrons. The molecule has 1 fully saturated rings. The molecule has 1 aromatic heterocycles. The zero-order chi connectivity index (χ0) is 15.5. The van der Waals surface area contributed by atoms with Crippen molar-refractivity contribution in [1.82, 2.24) is 9.97 Å². The molecule has 2 rings (SSSR count). The molecule has 0 unspecified atom stereocenters. The van der Waals surface area contributed by atoms with Gasteiger partial charge in [0.15, 0.2) is 0 Å². The fraction of sp³-hybridized carbons (Fsp3) is 0.692. The van der Waals surface area contributed by atoms with Crippen LogP contribution in [0.25, 0.3) is 0 Å². The Morgan fingerprint density at radius 2 is 2.00 bits per heavy atom. The SMILES string of the molecule is CNc1cc(N(C)CC2CCOCC2)nc(C(F)(F)F)n1. The molecule has 0 atom stereocenters. The molecule has 1 aliphatic heterocycles. The second kappa shape index (κ2) is 6.46. The van der Waals surface area contributed by atoms with Crippen LogP contribution in [0.2, 0.25) is 0 Å². The van der Waals surface area contributed by atoms with Crippen LogP contribution in [0.15, 0.2) is 6.07 Å². The van der Waals surface area contributed by atoms with E-state index in [4.69, 9.17) is 4.74 Å². The van der Waals surface area contributed by atoms with Gasteiger partial charge in [0.2, 0.25) is 5.82 Å². The molecule has 5 nitrogen and oxygen atoms in total. The van der Waals surface area contributed by atoms with Crippen molar-refractivity contribution in [2.45, 2.75) is 19.0 Å². The Hall–Kier alpha value is -1.57. The Bertz CT molecular complexity index is 475. The zero-order valence-corrected chi connectivity index (χ0v) is 12.1. The highest BCUT2D eigenvalue weighted by Gasteiger charge is 2.35. The predicted molar refractivity (Wildman–Crippen MR) is 73.4 cm³/mol. The summed E-state index contributed by atoms with van der Waals surface area (Å²) in [7, 11) is 3.28. The number of hydrogen-bond acceptors (Lipinski definition) is 5. The number of halogens is 3. The predicted octanol–water partition coefficient (Wildman–Crippen LogP) is 2.40. The topological polar surface area (TPSA) is 50.3 Å². The summed E-state index contributed by atoms with van der Waals surface area (Å²) < 4.78 is 43.7. The van der Waals surface area contributed by atoms with Gasteiger partial charge in [-0.15, -0.1) is 0 Å². The minimum atomic E-state index is -4.55. The van der Waals surface area contributed by atoms with Gasteiger partial charge in [0, 0.05) is 39.9 Å². The molecular formula is C13H19F3N4O. The molecular weight excluding hydrogens is 285 g/mol. The number of nitrogens with zero attached hydrogens (tertiary/aromatic N) is 3. The van der Waals surface area contributed by atoms with Crippen molar-refractivity contribution in [3.63, 3.8) is 0 Å². The summed E-state index contributed by atoms with van der Waals surface area (Å²) in [6.07, 6.45) is -2.72. The molecule has 0 aromatic carbocycles. The summed E-state index contributed by atoms with van der Waals surface area (Å²) in [6, 6.07) is 1.52. The van der Waals surface area contributed by atoms with E-state index in [1.807, 2.05) is 0 Å². The average Bonchev–Trinajstić information content (AvgIpc) is 2.46. The van der Waals surface area contributed by atoms with Crippen molar-refractivity contribution >= 4 is 11.6 Å². The van der Waals surface area contributed by atoms with Crippen molar-refractivity contribution in [1.29, 1.82) is 0 Å². The number of aromatic nitrogens is 2.